The lowest BCUT2D eigenvalue weighted by atomic mass is 10.2. The van der Waals surface area contributed by atoms with Crippen LogP contribution in [0.15, 0.2) is 60.7 Å². The van der Waals surface area contributed by atoms with Crippen molar-refractivity contribution >= 4 is 35.2 Å². The van der Waals surface area contributed by atoms with Gasteiger partial charge in [-0.1, -0.05) is 48.5 Å². The Bertz CT molecular complexity index is 796. The lowest BCUT2D eigenvalue weighted by Gasteiger charge is -2.20. The number of nitrogens with one attached hydrogen (secondary N) is 2. The molecule has 0 saturated heterocycles. The molecule has 5 nitrogen and oxygen atoms in total. The Hall–Kier alpha value is -2.79. The van der Waals surface area contributed by atoms with E-state index < -0.39 is 0 Å². The van der Waals surface area contributed by atoms with Crippen LogP contribution in [-0.2, 0) is 6.54 Å². The molecule has 1 heterocycles. The Morgan fingerprint density at radius 3 is 2.39 bits per heavy atom. The summed E-state index contributed by atoms with van der Waals surface area (Å²) in [4.78, 5) is 17.0. The maximum Gasteiger partial charge on any atom is 0.277 e. The van der Waals surface area contributed by atoms with Gasteiger partial charge in [-0.25, -0.2) is 0 Å². The van der Waals surface area contributed by atoms with E-state index in [0.29, 0.717) is 5.69 Å². The number of nitrogens with zero attached hydrogens (tertiary/aromatic N) is 1. The van der Waals surface area contributed by atoms with Crippen molar-refractivity contribution in [1.29, 1.82) is 5.41 Å². The summed E-state index contributed by atoms with van der Waals surface area (Å²) in [6.07, 6.45) is 0. The third kappa shape index (κ3) is 3.52. The highest BCUT2D eigenvalue weighted by molar-refractivity contribution is 6.05. The number of carbonyl (C=O) groups excluding carboxylic acids is 1. The number of guanidine groups is 1. The summed E-state index contributed by atoms with van der Waals surface area (Å²) in [6.45, 7) is 0.268. The maximum atomic E-state index is 12.6. The minimum atomic E-state index is -0.312. The number of rotatable bonds is 3. The van der Waals surface area contributed by atoms with Crippen LogP contribution in [0.1, 0.15) is 16.1 Å². The van der Waals surface area contributed by atoms with Crippen molar-refractivity contribution in [1.82, 2.24) is 9.88 Å². The predicted molar refractivity (Wildman–Crippen MR) is 93.8 cm³/mol. The van der Waals surface area contributed by atoms with Crippen LogP contribution >= 0.6 is 12.4 Å². The first-order valence-electron chi connectivity index (χ1n) is 6.93. The minimum absolute atomic E-state index is 0. The predicted octanol–water partition coefficient (Wildman–Crippen LogP) is 3.13. The lowest BCUT2D eigenvalue weighted by Crippen LogP contribution is -2.40. The lowest BCUT2D eigenvalue weighted by molar-refractivity contribution is 0.0833. The molecule has 0 unspecified atom stereocenters. The van der Waals surface area contributed by atoms with Crippen molar-refractivity contribution in [2.75, 3.05) is 0 Å². The van der Waals surface area contributed by atoms with Gasteiger partial charge in [-0.2, -0.15) is 0 Å². The summed E-state index contributed by atoms with van der Waals surface area (Å²) in [6, 6.07) is 18.9. The quantitative estimate of drug-likeness (QED) is 0.509. The van der Waals surface area contributed by atoms with Crippen LogP contribution in [0.2, 0.25) is 0 Å². The number of halogens is 1. The molecule has 23 heavy (non-hydrogen) atoms. The highest BCUT2D eigenvalue weighted by Crippen LogP contribution is 2.17. The molecule has 1 aromatic heterocycles. The smallest absolute Gasteiger partial charge is 0.277 e. The van der Waals surface area contributed by atoms with Crippen LogP contribution in [0.25, 0.3) is 10.9 Å². The molecular weight excluding hydrogens is 312 g/mol. The SMILES string of the molecule is Cl.N=C(N)N(Cc1ccccc1)C(=O)c1cc2ccccc2[nH]1. The number of para-hydroxylation sites is 1. The van der Waals surface area contributed by atoms with Gasteiger partial charge in [0, 0.05) is 10.9 Å². The first-order chi connectivity index (χ1) is 10.6. The van der Waals surface area contributed by atoms with Gasteiger partial charge in [-0.3, -0.25) is 15.1 Å². The Balaban J connectivity index is 0.00000192. The van der Waals surface area contributed by atoms with Crippen LogP contribution in [0, 0.1) is 5.41 Å². The van der Waals surface area contributed by atoms with Crippen molar-refractivity contribution < 1.29 is 4.79 Å². The third-order valence-corrected chi connectivity index (χ3v) is 3.48. The Morgan fingerprint density at radius 1 is 1.09 bits per heavy atom. The van der Waals surface area contributed by atoms with Crippen LogP contribution in [0.5, 0.6) is 0 Å². The second kappa shape index (κ2) is 6.98. The molecule has 0 aliphatic rings. The molecule has 6 heteroatoms. The average molecular weight is 329 g/mol. The number of nitrogens with two attached hydrogens (primary N) is 1. The number of benzene rings is 2. The van der Waals surface area contributed by atoms with Crippen molar-refractivity contribution in [2.45, 2.75) is 6.54 Å². The number of fused-ring (bicyclic) bond motifs is 1. The third-order valence-electron chi connectivity index (χ3n) is 3.48. The standard InChI is InChI=1S/C17H16N4O.ClH/c18-17(19)21(11-12-6-2-1-3-7-12)16(22)15-10-13-8-4-5-9-14(13)20-15;/h1-10,20H,11H2,(H3,18,19);1H. The van der Waals surface area contributed by atoms with E-state index in [1.165, 1.54) is 4.90 Å². The second-order valence-electron chi connectivity index (χ2n) is 5.03. The first kappa shape index (κ1) is 16.6. The molecule has 0 bridgehead atoms. The average Bonchev–Trinajstić information content (AvgIpc) is 2.97. The summed E-state index contributed by atoms with van der Waals surface area (Å²) in [5, 5.41) is 8.64. The first-order valence-corrected chi connectivity index (χ1v) is 6.93. The normalized spacial score (nSPS) is 10.1. The zero-order valence-electron chi connectivity index (χ0n) is 12.3. The van der Waals surface area contributed by atoms with Crippen LogP contribution in [-0.4, -0.2) is 21.8 Å². The molecule has 0 spiro atoms. The van der Waals surface area contributed by atoms with Crippen molar-refractivity contribution in [3.05, 3.63) is 71.9 Å². The van der Waals surface area contributed by atoms with Gasteiger partial charge < -0.3 is 10.7 Å². The number of amides is 1. The zero-order valence-corrected chi connectivity index (χ0v) is 13.1. The number of H-pyrrole nitrogens is 1. The molecule has 0 aliphatic carbocycles. The van der Waals surface area contributed by atoms with E-state index in [9.17, 15) is 4.79 Å². The fourth-order valence-electron chi connectivity index (χ4n) is 2.37. The van der Waals surface area contributed by atoms with Gasteiger partial charge in [-0.05, 0) is 17.7 Å². The topological polar surface area (TPSA) is 86.0 Å². The van der Waals surface area contributed by atoms with Crippen LogP contribution < -0.4 is 5.73 Å². The molecule has 0 radical (unpaired) electrons. The number of aromatic nitrogens is 1. The molecule has 3 rings (SSSR count). The van der Waals surface area contributed by atoms with Gasteiger partial charge in [0.25, 0.3) is 5.91 Å². The van der Waals surface area contributed by atoms with E-state index >= 15 is 0 Å². The van der Waals surface area contributed by atoms with Gasteiger partial charge in [0.2, 0.25) is 0 Å². The molecule has 4 N–H and O–H groups in total. The van der Waals surface area contributed by atoms with E-state index in [0.717, 1.165) is 16.5 Å². The van der Waals surface area contributed by atoms with Gasteiger partial charge >= 0.3 is 0 Å². The summed E-state index contributed by atoms with van der Waals surface area (Å²) in [5.41, 5.74) is 7.82. The van der Waals surface area contributed by atoms with E-state index in [4.69, 9.17) is 11.1 Å². The minimum Gasteiger partial charge on any atom is -0.370 e. The molecule has 3 aromatic rings. The van der Waals surface area contributed by atoms with Crippen LogP contribution in [0.3, 0.4) is 0 Å². The highest BCUT2D eigenvalue weighted by atomic mass is 35.5. The Labute approximate surface area is 140 Å². The summed E-state index contributed by atoms with van der Waals surface area (Å²) < 4.78 is 0. The van der Waals surface area contributed by atoms with Crippen molar-refractivity contribution in [3.63, 3.8) is 0 Å². The monoisotopic (exact) mass is 328 g/mol. The van der Waals surface area contributed by atoms with Gasteiger partial charge in [0.05, 0.1) is 6.54 Å². The zero-order chi connectivity index (χ0) is 15.5. The maximum absolute atomic E-state index is 12.6. The second-order valence-corrected chi connectivity index (χ2v) is 5.03. The molecule has 0 saturated carbocycles. The summed E-state index contributed by atoms with van der Waals surface area (Å²) in [5.74, 6) is -0.583. The number of carbonyl (C=O) groups is 1. The number of hydrogen-bond donors (Lipinski definition) is 3. The van der Waals surface area contributed by atoms with Crippen molar-refractivity contribution in [3.8, 4) is 0 Å². The molecular formula is C17H17ClN4O. The van der Waals surface area contributed by atoms with Gasteiger partial charge in [0.1, 0.15) is 5.69 Å². The molecule has 2 aromatic carbocycles. The van der Waals surface area contributed by atoms with Crippen molar-refractivity contribution in [2.24, 2.45) is 5.73 Å². The molecule has 0 aliphatic heterocycles. The molecule has 0 atom stereocenters. The summed E-state index contributed by atoms with van der Waals surface area (Å²) >= 11 is 0. The van der Waals surface area contributed by atoms with E-state index in [1.54, 1.807) is 6.07 Å². The number of hydrogen-bond acceptors (Lipinski definition) is 2. The van der Waals surface area contributed by atoms with E-state index in [2.05, 4.69) is 4.98 Å². The Kier molecular flexibility index (Phi) is 5.03. The largest absolute Gasteiger partial charge is 0.370 e. The van der Waals surface area contributed by atoms with E-state index in [-0.39, 0.29) is 30.8 Å². The van der Waals surface area contributed by atoms with Gasteiger partial charge in [-0.15, -0.1) is 12.4 Å². The fraction of sp³-hybridized carbons (Fsp3) is 0.0588. The number of aromatic amines is 1. The Morgan fingerprint density at radius 2 is 1.74 bits per heavy atom. The highest BCUT2D eigenvalue weighted by Gasteiger charge is 2.20. The molecule has 118 valence electrons. The summed E-state index contributed by atoms with van der Waals surface area (Å²) in [7, 11) is 0. The van der Waals surface area contributed by atoms with Gasteiger partial charge in [0.15, 0.2) is 5.96 Å². The molecule has 0 fully saturated rings. The fourth-order valence-corrected chi connectivity index (χ4v) is 2.37. The van der Waals surface area contributed by atoms with Crippen LogP contribution in [0.4, 0.5) is 0 Å². The van der Waals surface area contributed by atoms with E-state index in [1.807, 2.05) is 54.6 Å². The molecule has 1 amide bonds.